The Labute approximate surface area is 98.0 Å². The monoisotopic (exact) mass is 219 g/mol. The zero-order valence-electron chi connectivity index (χ0n) is 10.4. The second-order valence-electron chi connectivity index (χ2n) is 4.52. The van der Waals surface area contributed by atoms with E-state index in [1.54, 1.807) is 7.11 Å². The van der Waals surface area contributed by atoms with E-state index in [1.165, 1.54) is 17.5 Å². The first-order chi connectivity index (χ1) is 7.77. The van der Waals surface area contributed by atoms with Gasteiger partial charge in [-0.25, -0.2) is 0 Å². The summed E-state index contributed by atoms with van der Waals surface area (Å²) in [6, 6.07) is 7.03. The maximum absolute atomic E-state index is 5.44. The summed E-state index contributed by atoms with van der Waals surface area (Å²) in [5.41, 5.74) is 2.86. The molecule has 2 heteroatoms. The fraction of sp³-hybridized carbons (Fsp3) is 0.571. The van der Waals surface area contributed by atoms with Crippen molar-refractivity contribution in [2.75, 3.05) is 13.7 Å². The summed E-state index contributed by atoms with van der Waals surface area (Å²) in [6.07, 6.45) is 2.34. The Morgan fingerprint density at radius 1 is 1.44 bits per heavy atom. The van der Waals surface area contributed by atoms with E-state index in [-0.39, 0.29) is 0 Å². The zero-order valence-corrected chi connectivity index (χ0v) is 10.4. The number of ether oxygens (including phenoxy) is 1. The lowest BCUT2D eigenvalue weighted by atomic mass is 9.80. The topological polar surface area (TPSA) is 21.3 Å². The van der Waals surface area contributed by atoms with Crippen LogP contribution in [0.4, 0.5) is 0 Å². The lowest BCUT2D eigenvalue weighted by Gasteiger charge is -2.32. The van der Waals surface area contributed by atoms with E-state index in [2.05, 4.69) is 37.4 Å². The van der Waals surface area contributed by atoms with Crippen molar-refractivity contribution in [2.45, 2.75) is 38.6 Å². The van der Waals surface area contributed by atoms with E-state index in [1.807, 2.05) is 0 Å². The number of likely N-dealkylation sites (N-methyl/N-ethyl adjacent to an activating group) is 1. The minimum Gasteiger partial charge on any atom is -0.496 e. The highest BCUT2D eigenvalue weighted by molar-refractivity contribution is 5.44. The van der Waals surface area contributed by atoms with Gasteiger partial charge in [0.15, 0.2) is 0 Å². The van der Waals surface area contributed by atoms with Crippen molar-refractivity contribution in [1.29, 1.82) is 0 Å². The van der Waals surface area contributed by atoms with Gasteiger partial charge in [-0.05, 0) is 42.5 Å². The molecule has 0 bridgehead atoms. The SMILES string of the molecule is CCNC1CCc2c(OC)cccc2C1C. The van der Waals surface area contributed by atoms with Crippen LogP contribution in [-0.4, -0.2) is 19.7 Å². The van der Waals surface area contributed by atoms with Crippen molar-refractivity contribution < 1.29 is 4.74 Å². The van der Waals surface area contributed by atoms with Crippen LogP contribution in [0.1, 0.15) is 37.3 Å². The molecule has 0 fully saturated rings. The normalized spacial score (nSPS) is 23.9. The molecule has 2 atom stereocenters. The average Bonchev–Trinajstić information content (AvgIpc) is 2.32. The molecule has 0 spiro atoms. The number of benzene rings is 1. The van der Waals surface area contributed by atoms with E-state index in [0.29, 0.717) is 12.0 Å². The lowest BCUT2D eigenvalue weighted by molar-refractivity contribution is 0.382. The van der Waals surface area contributed by atoms with Gasteiger partial charge in [-0.2, -0.15) is 0 Å². The van der Waals surface area contributed by atoms with Gasteiger partial charge in [-0.3, -0.25) is 0 Å². The summed E-state index contributed by atoms with van der Waals surface area (Å²) < 4.78 is 5.44. The predicted molar refractivity (Wildman–Crippen MR) is 67.2 cm³/mol. The summed E-state index contributed by atoms with van der Waals surface area (Å²) in [5, 5.41) is 3.57. The summed E-state index contributed by atoms with van der Waals surface area (Å²) in [7, 11) is 1.76. The number of nitrogens with one attached hydrogen (secondary N) is 1. The van der Waals surface area contributed by atoms with Crippen molar-refractivity contribution in [3.05, 3.63) is 29.3 Å². The molecule has 1 aliphatic rings. The third-order valence-electron chi connectivity index (χ3n) is 3.65. The van der Waals surface area contributed by atoms with Crippen LogP contribution in [0, 0.1) is 0 Å². The lowest BCUT2D eigenvalue weighted by Crippen LogP contribution is -2.37. The van der Waals surface area contributed by atoms with Gasteiger partial charge in [0.05, 0.1) is 7.11 Å². The summed E-state index contributed by atoms with van der Waals surface area (Å²) in [4.78, 5) is 0. The Balaban J connectivity index is 2.31. The maximum atomic E-state index is 5.44. The molecule has 2 unspecified atom stereocenters. The van der Waals surface area contributed by atoms with Gasteiger partial charge in [0.2, 0.25) is 0 Å². The fourth-order valence-corrected chi connectivity index (χ4v) is 2.78. The predicted octanol–water partition coefficient (Wildman–Crippen LogP) is 2.72. The number of methoxy groups -OCH3 is 1. The molecular weight excluding hydrogens is 198 g/mol. The first-order valence-electron chi connectivity index (χ1n) is 6.17. The number of rotatable bonds is 3. The smallest absolute Gasteiger partial charge is 0.122 e. The molecule has 0 saturated heterocycles. The van der Waals surface area contributed by atoms with E-state index >= 15 is 0 Å². The molecule has 1 N–H and O–H groups in total. The highest BCUT2D eigenvalue weighted by Gasteiger charge is 2.26. The van der Waals surface area contributed by atoms with Crippen molar-refractivity contribution in [3.8, 4) is 5.75 Å². The van der Waals surface area contributed by atoms with Crippen LogP contribution < -0.4 is 10.1 Å². The molecule has 0 radical (unpaired) electrons. The Bertz CT molecular complexity index is 362. The van der Waals surface area contributed by atoms with E-state index < -0.39 is 0 Å². The fourth-order valence-electron chi connectivity index (χ4n) is 2.78. The van der Waals surface area contributed by atoms with E-state index in [0.717, 1.165) is 18.7 Å². The van der Waals surface area contributed by atoms with Crippen LogP contribution in [-0.2, 0) is 6.42 Å². The average molecular weight is 219 g/mol. The number of hydrogen-bond donors (Lipinski definition) is 1. The summed E-state index contributed by atoms with van der Waals surface area (Å²) in [5.74, 6) is 1.64. The molecule has 0 amide bonds. The Morgan fingerprint density at radius 3 is 2.94 bits per heavy atom. The summed E-state index contributed by atoms with van der Waals surface area (Å²) in [6.45, 7) is 5.53. The first-order valence-corrected chi connectivity index (χ1v) is 6.17. The van der Waals surface area contributed by atoms with E-state index in [9.17, 15) is 0 Å². The Hall–Kier alpha value is -1.02. The van der Waals surface area contributed by atoms with Gasteiger partial charge >= 0.3 is 0 Å². The van der Waals surface area contributed by atoms with Gasteiger partial charge in [0.25, 0.3) is 0 Å². The highest BCUT2D eigenvalue weighted by atomic mass is 16.5. The van der Waals surface area contributed by atoms with Crippen LogP contribution in [0.2, 0.25) is 0 Å². The second-order valence-corrected chi connectivity index (χ2v) is 4.52. The van der Waals surface area contributed by atoms with Crippen LogP contribution in [0.3, 0.4) is 0 Å². The second kappa shape index (κ2) is 4.88. The molecular formula is C14H21NO. The molecule has 88 valence electrons. The molecule has 1 aromatic rings. The first kappa shape index (κ1) is 11.5. The highest BCUT2D eigenvalue weighted by Crippen LogP contribution is 2.36. The molecule has 0 aromatic heterocycles. The van der Waals surface area contributed by atoms with Crippen LogP contribution in [0.25, 0.3) is 0 Å². The van der Waals surface area contributed by atoms with Crippen molar-refractivity contribution in [3.63, 3.8) is 0 Å². The Kier molecular flexibility index (Phi) is 3.49. The van der Waals surface area contributed by atoms with Gasteiger partial charge in [-0.1, -0.05) is 26.0 Å². The molecule has 0 heterocycles. The quantitative estimate of drug-likeness (QED) is 0.844. The molecule has 1 aliphatic carbocycles. The van der Waals surface area contributed by atoms with Gasteiger partial charge < -0.3 is 10.1 Å². The number of hydrogen-bond acceptors (Lipinski definition) is 2. The van der Waals surface area contributed by atoms with Gasteiger partial charge in [0, 0.05) is 6.04 Å². The largest absolute Gasteiger partial charge is 0.496 e. The molecule has 0 saturated carbocycles. The van der Waals surface area contributed by atoms with Crippen molar-refractivity contribution >= 4 is 0 Å². The summed E-state index contributed by atoms with van der Waals surface area (Å²) >= 11 is 0. The van der Waals surface area contributed by atoms with Crippen molar-refractivity contribution in [1.82, 2.24) is 5.32 Å². The maximum Gasteiger partial charge on any atom is 0.122 e. The minimum atomic E-state index is 0.582. The number of fused-ring (bicyclic) bond motifs is 1. The third-order valence-corrected chi connectivity index (χ3v) is 3.65. The van der Waals surface area contributed by atoms with Crippen LogP contribution >= 0.6 is 0 Å². The molecule has 16 heavy (non-hydrogen) atoms. The van der Waals surface area contributed by atoms with Crippen LogP contribution in [0.15, 0.2) is 18.2 Å². The molecule has 1 aromatic carbocycles. The van der Waals surface area contributed by atoms with Crippen LogP contribution in [0.5, 0.6) is 5.75 Å². The molecule has 2 rings (SSSR count). The van der Waals surface area contributed by atoms with Crippen molar-refractivity contribution in [2.24, 2.45) is 0 Å². The third kappa shape index (κ3) is 1.94. The standard InChI is InChI=1S/C14H21NO/c1-4-15-13-9-8-12-11(10(13)2)6-5-7-14(12)16-3/h5-7,10,13,15H,4,8-9H2,1-3H3. The van der Waals surface area contributed by atoms with Gasteiger partial charge in [-0.15, -0.1) is 0 Å². The zero-order chi connectivity index (χ0) is 11.5. The molecule has 2 nitrogen and oxygen atoms in total. The molecule has 0 aliphatic heterocycles. The van der Waals surface area contributed by atoms with E-state index in [4.69, 9.17) is 4.74 Å². The Morgan fingerprint density at radius 2 is 2.25 bits per heavy atom. The van der Waals surface area contributed by atoms with Gasteiger partial charge in [0.1, 0.15) is 5.75 Å². The minimum absolute atomic E-state index is 0.582.